The Morgan fingerprint density at radius 1 is 1.00 bits per heavy atom. The van der Waals surface area contributed by atoms with E-state index in [9.17, 15) is 13.2 Å². The van der Waals surface area contributed by atoms with E-state index < -0.39 is 17.6 Å². The fourth-order valence-electron chi connectivity index (χ4n) is 4.40. The van der Waals surface area contributed by atoms with Crippen LogP contribution in [0.4, 0.5) is 29.2 Å². The molecule has 2 aromatic rings. The summed E-state index contributed by atoms with van der Waals surface area (Å²) < 4.78 is 53.6. The van der Waals surface area contributed by atoms with Gasteiger partial charge in [-0.05, 0) is 49.3 Å². The van der Waals surface area contributed by atoms with Gasteiger partial charge in [0.05, 0.1) is 11.6 Å². The topological polar surface area (TPSA) is 41.1 Å². The van der Waals surface area contributed by atoms with Crippen LogP contribution in [0.2, 0.25) is 0 Å². The Morgan fingerprint density at radius 2 is 1.72 bits per heavy atom. The summed E-state index contributed by atoms with van der Waals surface area (Å²) in [6.45, 7) is 1.29. The number of hydrogen-bond donors (Lipinski definition) is 1. The number of aromatic nitrogens is 2. The Balaban J connectivity index is 1.53. The van der Waals surface area contributed by atoms with Crippen LogP contribution in [0.3, 0.4) is 0 Å². The van der Waals surface area contributed by atoms with E-state index in [2.05, 4.69) is 15.3 Å². The number of halogens is 4. The Bertz CT molecular complexity index is 832. The van der Waals surface area contributed by atoms with Crippen LogP contribution >= 0.6 is 0 Å². The molecule has 0 amide bonds. The third kappa shape index (κ3) is 4.31. The molecule has 1 saturated carbocycles. The van der Waals surface area contributed by atoms with Gasteiger partial charge in [0.25, 0.3) is 0 Å². The third-order valence-corrected chi connectivity index (χ3v) is 5.95. The molecule has 1 saturated heterocycles. The highest BCUT2D eigenvalue weighted by atomic mass is 19.4. The molecular weight excluding hydrogens is 384 g/mol. The quantitative estimate of drug-likeness (QED) is 0.656. The van der Waals surface area contributed by atoms with Crippen LogP contribution in [0, 0.1) is 11.7 Å². The van der Waals surface area contributed by atoms with Crippen molar-refractivity contribution in [1.29, 1.82) is 0 Å². The first-order valence-corrected chi connectivity index (χ1v) is 10.1. The van der Waals surface area contributed by atoms with Crippen molar-refractivity contribution in [2.24, 2.45) is 5.92 Å². The predicted octanol–water partition coefficient (Wildman–Crippen LogP) is 5.58. The number of nitrogens with one attached hydrogen (secondary N) is 1. The standard InChI is InChI=1S/C21H24F4N4/c22-18-19(26-12-14-4-1-2-5-14)27-13-28-20(18)29-11-3-6-17(29)15-7-9-16(10-8-15)21(23,24)25/h7-10,13-14,17H,1-6,11-12H2,(H,26,27,28). The smallest absolute Gasteiger partial charge is 0.367 e. The number of rotatable bonds is 5. The van der Waals surface area contributed by atoms with Crippen molar-refractivity contribution in [3.05, 3.63) is 47.5 Å². The van der Waals surface area contributed by atoms with Gasteiger partial charge in [0.1, 0.15) is 6.33 Å². The molecule has 0 spiro atoms. The van der Waals surface area contributed by atoms with E-state index in [4.69, 9.17) is 0 Å². The van der Waals surface area contributed by atoms with Crippen molar-refractivity contribution < 1.29 is 17.6 Å². The zero-order chi connectivity index (χ0) is 20.4. The second-order valence-electron chi connectivity index (χ2n) is 7.86. The lowest BCUT2D eigenvalue weighted by molar-refractivity contribution is -0.137. The molecule has 2 aliphatic rings. The van der Waals surface area contributed by atoms with E-state index in [1.165, 1.54) is 31.3 Å². The summed E-state index contributed by atoms with van der Waals surface area (Å²) in [5, 5.41) is 3.12. The molecule has 4 rings (SSSR count). The molecular formula is C21H24F4N4. The molecule has 1 aromatic carbocycles. The highest BCUT2D eigenvalue weighted by molar-refractivity contribution is 5.53. The molecule has 0 radical (unpaired) electrons. The van der Waals surface area contributed by atoms with Crippen LogP contribution in [0.1, 0.15) is 55.7 Å². The molecule has 1 aromatic heterocycles. The first kappa shape index (κ1) is 19.9. The monoisotopic (exact) mass is 408 g/mol. The van der Waals surface area contributed by atoms with Gasteiger partial charge in [-0.2, -0.15) is 17.6 Å². The molecule has 1 aliphatic carbocycles. The molecule has 1 unspecified atom stereocenters. The normalized spacial score (nSPS) is 20.4. The Labute approximate surface area is 167 Å². The van der Waals surface area contributed by atoms with E-state index in [1.54, 1.807) is 0 Å². The third-order valence-electron chi connectivity index (χ3n) is 5.95. The predicted molar refractivity (Wildman–Crippen MR) is 103 cm³/mol. The lowest BCUT2D eigenvalue weighted by atomic mass is 10.0. The maximum atomic E-state index is 15.1. The van der Waals surface area contributed by atoms with Gasteiger partial charge < -0.3 is 10.2 Å². The summed E-state index contributed by atoms with van der Waals surface area (Å²) in [7, 11) is 0. The zero-order valence-electron chi connectivity index (χ0n) is 16.1. The summed E-state index contributed by atoms with van der Waals surface area (Å²) in [4.78, 5) is 10.0. The average molecular weight is 408 g/mol. The molecule has 2 heterocycles. The molecule has 1 aliphatic heterocycles. The van der Waals surface area contributed by atoms with Crippen LogP contribution in [0.15, 0.2) is 30.6 Å². The van der Waals surface area contributed by atoms with E-state index in [1.807, 2.05) is 4.90 Å². The minimum Gasteiger partial charge on any atom is -0.367 e. The van der Waals surface area contributed by atoms with Crippen LogP contribution in [0.5, 0.6) is 0 Å². The Hall–Kier alpha value is -2.38. The van der Waals surface area contributed by atoms with E-state index in [0.717, 1.165) is 43.4 Å². The molecule has 8 heteroatoms. The van der Waals surface area contributed by atoms with Crippen molar-refractivity contribution in [1.82, 2.24) is 9.97 Å². The molecule has 156 valence electrons. The highest BCUT2D eigenvalue weighted by Gasteiger charge is 2.33. The molecule has 29 heavy (non-hydrogen) atoms. The van der Waals surface area contributed by atoms with Crippen molar-refractivity contribution in [3.8, 4) is 0 Å². The van der Waals surface area contributed by atoms with Crippen LogP contribution in [0.25, 0.3) is 0 Å². The van der Waals surface area contributed by atoms with E-state index in [-0.39, 0.29) is 17.7 Å². The first-order chi connectivity index (χ1) is 13.9. The van der Waals surface area contributed by atoms with E-state index in [0.29, 0.717) is 19.0 Å². The fraction of sp³-hybridized carbons (Fsp3) is 0.524. The van der Waals surface area contributed by atoms with Crippen molar-refractivity contribution >= 4 is 11.6 Å². The summed E-state index contributed by atoms with van der Waals surface area (Å²) in [5.41, 5.74) is 0.0476. The Morgan fingerprint density at radius 3 is 2.41 bits per heavy atom. The molecule has 1 N–H and O–H groups in total. The summed E-state index contributed by atoms with van der Waals surface area (Å²) in [6.07, 6.45) is 3.26. The minimum absolute atomic E-state index is 0.194. The summed E-state index contributed by atoms with van der Waals surface area (Å²) in [5.74, 6) is 0.445. The molecule has 2 fully saturated rings. The average Bonchev–Trinajstić information content (AvgIpc) is 3.39. The van der Waals surface area contributed by atoms with E-state index >= 15 is 4.39 Å². The van der Waals surface area contributed by atoms with Crippen molar-refractivity contribution in [2.45, 2.75) is 50.7 Å². The lowest BCUT2D eigenvalue weighted by Gasteiger charge is -2.27. The number of hydrogen-bond acceptors (Lipinski definition) is 4. The van der Waals surface area contributed by atoms with Crippen LogP contribution in [-0.2, 0) is 6.18 Å². The van der Waals surface area contributed by atoms with Gasteiger partial charge in [-0.25, -0.2) is 9.97 Å². The second kappa shape index (κ2) is 8.16. The maximum absolute atomic E-state index is 15.1. The first-order valence-electron chi connectivity index (χ1n) is 10.1. The number of benzene rings is 1. The van der Waals surface area contributed by atoms with Gasteiger partial charge in [-0.15, -0.1) is 0 Å². The van der Waals surface area contributed by atoms with Crippen LogP contribution < -0.4 is 10.2 Å². The summed E-state index contributed by atoms with van der Waals surface area (Å²) >= 11 is 0. The number of alkyl halides is 3. The van der Waals surface area contributed by atoms with Crippen molar-refractivity contribution in [3.63, 3.8) is 0 Å². The van der Waals surface area contributed by atoms with Gasteiger partial charge in [0, 0.05) is 13.1 Å². The lowest BCUT2D eigenvalue weighted by Crippen LogP contribution is -2.25. The van der Waals surface area contributed by atoms with Crippen LogP contribution in [-0.4, -0.2) is 23.1 Å². The fourth-order valence-corrected chi connectivity index (χ4v) is 4.40. The minimum atomic E-state index is -4.37. The largest absolute Gasteiger partial charge is 0.416 e. The van der Waals surface area contributed by atoms with Gasteiger partial charge in [-0.1, -0.05) is 25.0 Å². The van der Waals surface area contributed by atoms with Gasteiger partial charge >= 0.3 is 6.18 Å². The van der Waals surface area contributed by atoms with Gasteiger partial charge in [0.2, 0.25) is 5.82 Å². The second-order valence-corrected chi connectivity index (χ2v) is 7.86. The number of nitrogens with zero attached hydrogens (tertiary/aromatic N) is 3. The molecule has 0 bridgehead atoms. The van der Waals surface area contributed by atoms with Crippen molar-refractivity contribution in [2.75, 3.05) is 23.3 Å². The summed E-state index contributed by atoms with van der Waals surface area (Å²) in [6, 6.07) is 4.91. The van der Waals surface area contributed by atoms with Gasteiger partial charge in [-0.3, -0.25) is 0 Å². The zero-order valence-corrected chi connectivity index (χ0v) is 16.1. The number of anilines is 2. The Kier molecular flexibility index (Phi) is 5.61. The van der Waals surface area contributed by atoms with Gasteiger partial charge in [0.15, 0.2) is 11.6 Å². The molecule has 1 atom stereocenters. The maximum Gasteiger partial charge on any atom is 0.416 e. The highest BCUT2D eigenvalue weighted by Crippen LogP contribution is 2.38. The molecule has 4 nitrogen and oxygen atoms in total. The SMILES string of the molecule is Fc1c(NCC2CCCC2)ncnc1N1CCCC1c1ccc(C(F)(F)F)cc1.